The van der Waals surface area contributed by atoms with Gasteiger partial charge in [-0.15, -0.1) is 0 Å². The van der Waals surface area contributed by atoms with Crippen LogP contribution < -0.4 is 9.47 Å². The molecule has 0 N–H and O–H groups in total. The summed E-state index contributed by atoms with van der Waals surface area (Å²) >= 11 is 0. The molecule has 2 nitrogen and oxygen atoms in total. The summed E-state index contributed by atoms with van der Waals surface area (Å²) in [6.07, 6.45) is -1.17. The summed E-state index contributed by atoms with van der Waals surface area (Å²) in [7, 11) is 0. The molecule has 0 amide bonds. The van der Waals surface area contributed by atoms with Gasteiger partial charge in [-0.2, -0.15) is 0 Å². The van der Waals surface area contributed by atoms with Crippen LogP contribution in [0.2, 0.25) is 0 Å². The maximum Gasteiger partial charge on any atom is 0.274 e. The summed E-state index contributed by atoms with van der Waals surface area (Å²) in [6, 6.07) is 19.5. The molecule has 1 heterocycles. The summed E-state index contributed by atoms with van der Waals surface area (Å²) in [6.45, 7) is 2.46. The Morgan fingerprint density at radius 2 is 1.61 bits per heavy atom. The number of ether oxygens (including phenoxy) is 2. The van der Waals surface area contributed by atoms with Gasteiger partial charge in [0.25, 0.3) is 6.43 Å². The van der Waals surface area contributed by atoms with E-state index in [9.17, 15) is 13.2 Å². The monoisotopic (exact) mass is 426 g/mol. The minimum Gasteiger partial charge on any atom is -0.489 e. The van der Waals surface area contributed by atoms with Crippen molar-refractivity contribution in [2.75, 3.05) is 0 Å². The molecule has 31 heavy (non-hydrogen) atoms. The molecule has 0 spiro atoms. The lowest BCUT2D eigenvalue weighted by molar-refractivity contribution is -0.00166. The predicted octanol–water partition coefficient (Wildman–Crippen LogP) is 6.98. The Balaban J connectivity index is 1.40. The molecule has 0 aromatic heterocycles. The fraction of sp³-hybridized carbons (Fsp3) is 0.308. The van der Waals surface area contributed by atoms with Crippen molar-refractivity contribution in [1.29, 1.82) is 0 Å². The lowest BCUT2D eigenvalue weighted by Crippen LogP contribution is -2.30. The maximum atomic E-state index is 14.4. The molecule has 0 saturated carbocycles. The Hall–Kier alpha value is -2.95. The molecule has 0 saturated heterocycles. The van der Waals surface area contributed by atoms with Gasteiger partial charge in [-0.25, -0.2) is 13.2 Å². The highest BCUT2D eigenvalue weighted by molar-refractivity contribution is 5.64. The predicted molar refractivity (Wildman–Crippen MR) is 115 cm³/mol. The molecular formula is C26H25F3O2. The molecule has 0 fully saturated rings. The molecule has 3 aromatic carbocycles. The SMILES string of the molecule is CCCc1ccc(-c2ccc(COc3cc(F)c4c(c3)CCC(C(F)F)O4)cc2)cc1. The topological polar surface area (TPSA) is 18.5 Å². The highest BCUT2D eigenvalue weighted by Crippen LogP contribution is 2.35. The van der Waals surface area contributed by atoms with Gasteiger partial charge in [-0.3, -0.25) is 0 Å². The van der Waals surface area contributed by atoms with Crippen LogP contribution in [0, 0.1) is 5.82 Å². The molecule has 0 bridgehead atoms. The van der Waals surface area contributed by atoms with Gasteiger partial charge < -0.3 is 9.47 Å². The standard InChI is InChI=1S/C26H25F3O2/c1-2-3-17-4-8-19(9-5-17)20-10-6-18(7-11-20)16-30-22-14-21-12-13-24(26(28)29)31-25(21)23(27)15-22/h4-11,14-15,24,26H,2-3,12-13,16H2,1H3. The van der Waals surface area contributed by atoms with Crippen LogP contribution in [-0.4, -0.2) is 12.5 Å². The number of alkyl halides is 2. The third kappa shape index (κ3) is 5.04. The third-order valence-corrected chi connectivity index (χ3v) is 5.53. The normalized spacial score (nSPS) is 15.5. The van der Waals surface area contributed by atoms with E-state index in [0.29, 0.717) is 17.7 Å². The molecule has 1 unspecified atom stereocenters. The minimum absolute atomic E-state index is 0.0850. The van der Waals surface area contributed by atoms with Gasteiger partial charge in [0.05, 0.1) is 0 Å². The van der Waals surface area contributed by atoms with Gasteiger partial charge >= 0.3 is 0 Å². The Kier molecular flexibility index (Phi) is 6.50. The van der Waals surface area contributed by atoms with Crippen molar-refractivity contribution in [3.05, 3.63) is 83.2 Å². The van der Waals surface area contributed by atoms with Crippen molar-refractivity contribution in [1.82, 2.24) is 0 Å². The van der Waals surface area contributed by atoms with Crippen molar-refractivity contribution in [3.63, 3.8) is 0 Å². The zero-order valence-corrected chi connectivity index (χ0v) is 17.4. The van der Waals surface area contributed by atoms with E-state index in [1.807, 2.05) is 24.3 Å². The van der Waals surface area contributed by atoms with E-state index in [2.05, 4.69) is 31.2 Å². The van der Waals surface area contributed by atoms with Gasteiger partial charge in [0.2, 0.25) is 0 Å². The smallest absolute Gasteiger partial charge is 0.274 e. The van der Waals surface area contributed by atoms with Crippen molar-refractivity contribution >= 4 is 0 Å². The van der Waals surface area contributed by atoms with E-state index in [4.69, 9.17) is 9.47 Å². The van der Waals surface area contributed by atoms with Crippen LogP contribution in [-0.2, 0) is 19.4 Å². The van der Waals surface area contributed by atoms with Crippen LogP contribution in [0.5, 0.6) is 11.5 Å². The quantitative estimate of drug-likeness (QED) is 0.406. The second kappa shape index (κ2) is 9.46. The molecule has 3 aromatic rings. The van der Waals surface area contributed by atoms with Gasteiger partial charge in [0, 0.05) is 11.6 Å². The van der Waals surface area contributed by atoms with Crippen LogP contribution in [0.25, 0.3) is 11.1 Å². The number of benzene rings is 3. The van der Waals surface area contributed by atoms with Crippen molar-refractivity contribution in [3.8, 4) is 22.6 Å². The first kappa shape index (κ1) is 21.3. The maximum absolute atomic E-state index is 14.4. The molecule has 0 radical (unpaired) electrons. The molecule has 162 valence electrons. The number of hydrogen-bond acceptors (Lipinski definition) is 2. The Labute approximate surface area is 180 Å². The highest BCUT2D eigenvalue weighted by atomic mass is 19.3. The van der Waals surface area contributed by atoms with E-state index >= 15 is 0 Å². The molecule has 1 aliphatic rings. The summed E-state index contributed by atoms with van der Waals surface area (Å²) in [5.74, 6) is -0.385. The first-order chi connectivity index (χ1) is 15.0. The van der Waals surface area contributed by atoms with Gasteiger partial charge in [0.1, 0.15) is 12.4 Å². The second-order valence-electron chi connectivity index (χ2n) is 7.86. The van der Waals surface area contributed by atoms with Crippen molar-refractivity contribution in [2.24, 2.45) is 0 Å². The summed E-state index contributed by atoms with van der Waals surface area (Å²) in [5, 5.41) is 0. The Morgan fingerprint density at radius 3 is 2.23 bits per heavy atom. The van der Waals surface area contributed by atoms with E-state index in [-0.39, 0.29) is 18.8 Å². The first-order valence-electron chi connectivity index (χ1n) is 10.6. The van der Waals surface area contributed by atoms with Gasteiger partial charge in [-0.05, 0) is 47.6 Å². The van der Waals surface area contributed by atoms with Crippen LogP contribution in [0.15, 0.2) is 60.7 Å². The van der Waals surface area contributed by atoms with E-state index in [0.717, 1.165) is 29.5 Å². The fourth-order valence-electron chi connectivity index (χ4n) is 3.82. The summed E-state index contributed by atoms with van der Waals surface area (Å²) < 4.78 is 51.0. The van der Waals surface area contributed by atoms with Crippen molar-refractivity contribution in [2.45, 2.75) is 51.7 Å². The molecular weight excluding hydrogens is 401 g/mol. The lowest BCUT2D eigenvalue weighted by Gasteiger charge is -2.26. The zero-order valence-electron chi connectivity index (χ0n) is 17.4. The molecule has 5 heteroatoms. The number of fused-ring (bicyclic) bond motifs is 1. The summed E-state index contributed by atoms with van der Waals surface area (Å²) in [5.41, 5.74) is 5.14. The average molecular weight is 426 g/mol. The van der Waals surface area contributed by atoms with Crippen LogP contribution in [0.1, 0.15) is 36.5 Å². The van der Waals surface area contributed by atoms with Gasteiger partial charge in [0.15, 0.2) is 17.7 Å². The number of hydrogen-bond donors (Lipinski definition) is 0. The van der Waals surface area contributed by atoms with E-state index in [1.54, 1.807) is 6.07 Å². The Morgan fingerprint density at radius 1 is 0.968 bits per heavy atom. The fourth-order valence-corrected chi connectivity index (χ4v) is 3.82. The van der Waals surface area contributed by atoms with Crippen LogP contribution in [0.3, 0.4) is 0 Å². The van der Waals surface area contributed by atoms with Crippen molar-refractivity contribution < 1.29 is 22.6 Å². The summed E-state index contributed by atoms with van der Waals surface area (Å²) in [4.78, 5) is 0. The van der Waals surface area contributed by atoms with E-state index in [1.165, 1.54) is 11.6 Å². The van der Waals surface area contributed by atoms with Gasteiger partial charge in [-0.1, -0.05) is 61.9 Å². The highest BCUT2D eigenvalue weighted by Gasteiger charge is 2.29. The first-order valence-corrected chi connectivity index (χ1v) is 10.6. The number of halogens is 3. The third-order valence-electron chi connectivity index (χ3n) is 5.53. The van der Waals surface area contributed by atoms with Crippen LogP contribution >= 0.6 is 0 Å². The van der Waals surface area contributed by atoms with E-state index < -0.39 is 18.3 Å². The Bertz CT molecular complexity index is 1010. The minimum atomic E-state index is -2.62. The second-order valence-corrected chi connectivity index (χ2v) is 7.86. The molecule has 4 rings (SSSR count). The largest absolute Gasteiger partial charge is 0.489 e. The molecule has 1 aliphatic heterocycles. The molecule has 0 aliphatic carbocycles. The average Bonchev–Trinajstić information content (AvgIpc) is 2.78. The number of rotatable bonds is 7. The zero-order chi connectivity index (χ0) is 21.8. The lowest BCUT2D eigenvalue weighted by atomic mass is 10.0. The molecule has 1 atom stereocenters. The number of aryl methyl sites for hydroxylation is 2. The van der Waals surface area contributed by atoms with Crippen LogP contribution in [0.4, 0.5) is 13.2 Å².